The van der Waals surface area contributed by atoms with Gasteiger partial charge in [-0.1, -0.05) is 20.8 Å². The van der Waals surface area contributed by atoms with E-state index in [-0.39, 0.29) is 0 Å². The summed E-state index contributed by atoms with van der Waals surface area (Å²) < 4.78 is 0. The Morgan fingerprint density at radius 1 is 1.50 bits per heavy atom. The monoisotopic (exact) mass is 170 g/mol. The number of rotatable bonds is 3. The SMILES string of the molecule is CCCN1NC(C)CC1C(C)C. The van der Waals surface area contributed by atoms with Crippen LogP contribution in [0.3, 0.4) is 0 Å². The Kier molecular flexibility index (Phi) is 3.53. The molecule has 1 N–H and O–H groups in total. The molecular formula is C10H22N2. The third kappa shape index (κ3) is 2.20. The second kappa shape index (κ2) is 4.24. The molecule has 0 radical (unpaired) electrons. The molecule has 1 aliphatic rings. The van der Waals surface area contributed by atoms with E-state index in [4.69, 9.17) is 0 Å². The first kappa shape index (κ1) is 10.0. The molecule has 1 heterocycles. The van der Waals surface area contributed by atoms with Crippen LogP contribution >= 0.6 is 0 Å². The van der Waals surface area contributed by atoms with E-state index < -0.39 is 0 Å². The van der Waals surface area contributed by atoms with Gasteiger partial charge in [-0.2, -0.15) is 0 Å². The average Bonchev–Trinajstić information content (AvgIpc) is 2.32. The number of nitrogens with one attached hydrogen (secondary N) is 1. The summed E-state index contributed by atoms with van der Waals surface area (Å²) in [5.41, 5.74) is 3.52. The van der Waals surface area contributed by atoms with Gasteiger partial charge in [-0.3, -0.25) is 5.43 Å². The second-order valence-corrected chi connectivity index (χ2v) is 4.27. The molecule has 72 valence electrons. The van der Waals surface area contributed by atoms with Crippen molar-refractivity contribution in [3.8, 4) is 0 Å². The van der Waals surface area contributed by atoms with Gasteiger partial charge in [0.2, 0.25) is 0 Å². The Balaban J connectivity index is 2.47. The van der Waals surface area contributed by atoms with E-state index in [1.54, 1.807) is 0 Å². The molecule has 2 nitrogen and oxygen atoms in total. The Bertz CT molecular complexity index is 134. The number of hydrogen-bond acceptors (Lipinski definition) is 2. The summed E-state index contributed by atoms with van der Waals surface area (Å²) >= 11 is 0. The van der Waals surface area contributed by atoms with Crippen LogP contribution in [0.1, 0.15) is 40.5 Å². The van der Waals surface area contributed by atoms with E-state index in [9.17, 15) is 0 Å². The van der Waals surface area contributed by atoms with Gasteiger partial charge in [0.15, 0.2) is 0 Å². The molecule has 0 amide bonds. The van der Waals surface area contributed by atoms with Crippen LogP contribution in [0.15, 0.2) is 0 Å². The lowest BCUT2D eigenvalue weighted by atomic mass is 9.99. The van der Waals surface area contributed by atoms with Crippen LogP contribution in [-0.4, -0.2) is 23.6 Å². The zero-order valence-electron chi connectivity index (χ0n) is 8.80. The molecule has 0 aromatic carbocycles. The highest BCUT2D eigenvalue weighted by Crippen LogP contribution is 2.21. The average molecular weight is 170 g/mol. The van der Waals surface area contributed by atoms with E-state index >= 15 is 0 Å². The van der Waals surface area contributed by atoms with E-state index in [1.165, 1.54) is 19.4 Å². The van der Waals surface area contributed by atoms with Crippen LogP contribution in [0, 0.1) is 5.92 Å². The lowest BCUT2D eigenvalue weighted by Gasteiger charge is -2.26. The van der Waals surface area contributed by atoms with Crippen molar-refractivity contribution in [2.45, 2.75) is 52.6 Å². The molecule has 0 spiro atoms. The third-order valence-corrected chi connectivity index (χ3v) is 2.62. The maximum absolute atomic E-state index is 3.52. The van der Waals surface area contributed by atoms with Gasteiger partial charge >= 0.3 is 0 Å². The number of hydrogen-bond donors (Lipinski definition) is 1. The number of nitrogens with zero attached hydrogens (tertiary/aromatic N) is 1. The van der Waals surface area contributed by atoms with Gasteiger partial charge in [-0.05, 0) is 25.7 Å². The van der Waals surface area contributed by atoms with Crippen molar-refractivity contribution in [2.75, 3.05) is 6.54 Å². The van der Waals surface area contributed by atoms with Crippen molar-refractivity contribution in [1.29, 1.82) is 0 Å². The minimum atomic E-state index is 0.670. The van der Waals surface area contributed by atoms with Crippen molar-refractivity contribution < 1.29 is 0 Å². The molecule has 0 bridgehead atoms. The summed E-state index contributed by atoms with van der Waals surface area (Å²) in [5, 5.41) is 2.43. The Hall–Kier alpha value is -0.0800. The third-order valence-electron chi connectivity index (χ3n) is 2.62. The molecule has 0 saturated carbocycles. The van der Waals surface area contributed by atoms with Gasteiger partial charge in [0.1, 0.15) is 0 Å². The van der Waals surface area contributed by atoms with Gasteiger partial charge in [-0.25, -0.2) is 5.01 Å². The largest absolute Gasteiger partial charge is 0.252 e. The highest BCUT2D eigenvalue weighted by atomic mass is 15.6. The summed E-state index contributed by atoms with van der Waals surface area (Å²) in [4.78, 5) is 0. The topological polar surface area (TPSA) is 15.3 Å². The fourth-order valence-corrected chi connectivity index (χ4v) is 2.02. The van der Waals surface area contributed by atoms with Gasteiger partial charge < -0.3 is 0 Å². The minimum Gasteiger partial charge on any atom is -0.252 e. The minimum absolute atomic E-state index is 0.670. The molecule has 1 saturated heterocycles. The summed E-state index contributed by atoms with van der Waals surface area (Å²) in [6.45, 7) is 10.3. The normalized spacial score (nSPS) is 31.8. The van der Waals surface area contributed by atoms with E-state index in [0.717, 1.165) is 12.0 Å². The quantitative estimate of drug-likeness (QED) is 0.697. The van der Waals surface area contributed by atoms with Gasteiger partial charge in [0.25, 0.3) is 0 Å². The summed E-state index contributed by atoms with van der Waals surface area (Å²) in [6.07, 6.45) is 2.54. The summed E-state index contributed by atoms with van der Waals surface area (Å²) in [7, 11) is 0. The first-order chi connectivity index (χ1) is 5.65. The fourth-order valence-electron chi connectivity index (χ4n) is 2.02. The zero-order chi connectivity index (χ0) is 9.14. The maximum atomic E-state index is 3.52. The van der Waals surface area contributed by atoms with Crippen molar-refractivity contribution >= 4 is 0 Å². The van der Waals surface area contributed by atoms with Crippen LogP contribution < -0.4 is 5.43 Å². The standard InChI is InChI=1S/C10H22N2/c1-5-6-12-10(8(2)3)7-9(4)11-12/h8-11H,5-7H2,1-4H3. The Morgan fingerprint density at radius 2 is 2.17 bits per heavy atom. The van der Waals surface area contributed by atoms with Crippen LogP contribution in [0.5, 0.6) is 0 Å². The summed E-state index contributed by atoms with van der Waals surface area (Å²) in [5.74, 6) is 0.772. The smallest absolute Gasteiger partial charge is 0.0281 e. The lowest BCUT2D eigenvalue weighted by Crippen LogP contribution is -2.41. The van der Waals surface area contributed by atoms with Crippen LogP contribution in [0.2, 0.25) is 0 Å². The molecule has 2 unspecified atom stereocenters. The molecule has 1 aliphatic heterocycles. The van der Waals surface area contributed by atoms with Crippen molar-refractivity contribution in [3.63, 3.8) is 0 Å². The molecule has 2 atom stereocenters. The Labute approximate surface area is 76.3 Å². The zero-order valence-corrected chi connectivity index (χ0v) is 8.80. The molecular weight excluding hydrogens is 148 g/mol. The molecule has 0 aromatic heterocycles. The second-order valence-electron chi connectivity index (χ2n) is 4.27. The van der Waals surface area contributed by atoms with E-state index in [1.807, 2.05) is 0 Å². The fraction of sp³-hybridized carbons (Fsp3) is 1.00. The van der Waals surface area contributed by atoms with Crippen molar-refractivity contribution in [2.24, 2.45) is 5.92 Å². The highest BCUT2D eigenvalue weighted by molar-refractivity contribution is 4.83. The first-order valence-electron chi connectivity index (χ1n) is 5.18. The van der Waals surface area contributed by atoms with Gasteiger partial charge in [0, 0.05) is 18.6 Å². The highest BCUT2D eigenvalue weighted by Gasteiger charge is 2.30. The molecule has 1 fully saturated rings. The Morgan fingerprint density at radius 3 is 2.67 bits per heavy atom. The van der Waals surface area contributed by atoms with Gasteiger partial charge in [-0.15, -0.1) is 0 Å². The van der Waals surface area contributed by atoms with Crippen LogP contribution in [0.25, 0.3) is 0 Å². The van der Waals surface area contributed by atoms with E-state index in [2.05, 4.69) is 38.1 Å². The van der Waals surface area contributed by atoms with E-state index in [0.29, 0.717) is 6.04 Å². The predicted octanol–water partition coefficient (Wildman–Crippen LogP) is 2.02. The molecule has 12 heavy (non-hydrogen) atoms. The summed E-state index contributed by atoms with van der Waals surface area (Å²) in [6, 6.07) is 1.42. The first-order valence-corrected chi connectivity index (χ1v) is 5.18. The predicted molar refractivity (Wildman–Crippen MR) is 52.8 cm³/mol. The molecule has 0 aromatic rings. The van der Waals surface area contributed by atoms with Crippen molar-refractivity contribution in [3.05, 3.63) is 0 Å². The molecule has 1 rings (SSSR count). The van der Waals surface area contributed by atoms with Crippen LogP contribution in [0.4, 0.5) is 0 Å². The van der Waals surface area contributed by atoms with Gasteiger partial charge in [0.05, 0.1) is 0 Å². The molecule has 0 aliphatic carbocycles. The molecule has 2 heteroatoms. The van der Waals surface area contributed by atoms with Crippen LogP contribution in [-0.2, 0) is 0 Å². The van der Waals surface area contributed by atoms with Crippen molar-refractivity contribution in [1.82, 2.24) is 10.4 Å². The maximum Gasteiger partial charge on any atom is 0.0281 e. The lowest BCUT2D eigenvalue weighted by molar-refractivity contribution is 0.148. The number of hydrazine groups is 1.